The van der Waals surface area contributed by atoms with Crippen molar-refractivity contribution in [2.45, 2.75) is 19.4 Å². The van der Waals surface area contributed by atoms with E-state index in [1.165, 1.54) is 0 Å². The predicted octanol–water partition coefficient (Wildman–Crippen LogP) is 3.12. The molecule has 1 aromatic heterocycles. The molecule has 0 unspecified atom stereocenters. The fourth-order valence-electron chi connectivity index (χ4n) is 3.38. The molecular formula is C21H22ClN5O2. The first kappa shape index (κ1) is 20.4. The average molecular weight is 412 g/mol. The van der Waals surface area contributed by atoms with Crippen molar-refractivity contribution in [3.05, 3.63) is 76.2 Å². The lowest BCUT2D eigenvalue weighted by molar-refractivity contribution is -0.118. The number of aromatic nitrogens is 1. The Hall–Kier alpha value is -3.32. The molecule has 0 bridgehead atoms. The van der Waals surface area contributed by atoms with Crippen molar-refractivity contribution in [1.82, 2.24) is 10.5 Å². The van der Waals surface area contributed by atoms with Gasteiger partial charge in [-0.3, -0.25) is 9.79 Å². The number of hydrogen-bond donors (Lipinski definition) is 3. The summed E-state index contributed by atoms with van der Waals surface area (Å²) in [4.78, 5) is 16.0. The van der Waals surface area contributed by atoms with Crippen molar-refractivity contribution in [3.8, 4) is 0 Å². The summed E-state index contributed by atoms with van der Waals surface area (Å²) in [5, 5.41) is 8.07. The zero-order chi connectivity index (χ0) is 21.1. The van der Waals surface area contributed by atoms with Crippen LogP contribution in [0.3, 0.4) is 0 Å². The third-order valence-corrected chi connectivity index (χ3v) is 4.88. The molecular weight excluding hydrogens is 390 g/mol. The number of hydrogen-bond acceptors (Lipinski definition) is 5. The number of carbonyl (C=O) groups excluding carboxylic acids is 1. The van der Waals surface area contributed by atoms with Crippen LogP contribution in [-0.4, -0.2) is 23.9 Å². The first-order valence-electron chi connectivity index (χ1n) is 8.94. The molecule has 3 rings (SSSR count). The molecule has 29 heavy (non-hydrogen) atoms. The lowest BCUT2D eigenvalue weighted by Crippen LogP contribution is -2.27. The number of aryl methyl sites for hydroxylation is 1. The van der Waals surface area contributed by atoms with Gasteiger partial charge in [0.25, 0.3) is 0 Å². The Balaban J connectivity index is 2.38. The zero-order valence-corrected chi connectivity index (χ0v) is 17.0. The second kappa shape index (κ2) is 8.36. The van der Waals surface area contributed by atoms with Crippen LogP contribution < -0.4 is 16.8 Å². The van der Waals surface area contributed by atoms with Crippen LogP contribution in [-0.2, 0) is 4.79 Å². The van der Waals surface area contributed by atoms with Gasteiger partial charge in [0.05, 0.1) is 29.4 Å². The van der Waals surface area contributed by atoms with Gasteiger partial charge < -0.3 is 21.3 Å². The summed E-state index contributed by atoms with van der Waals surface area (Å²) in [5.41, 5.74) is 16.1. The van der Waals surface area contributed by atoms with Crippen LogP contribution >= 0.6 is 11.6 Å². The molecule has 1 aliphatic heterocycles. The van der Waals surface area contributed by atoms with E-state index in [-0.39, 0.29) is 6.42 Å². The highest BCUT2D eigenvalue weighted by Crippen LogP contribution is 2.40. The zero-order valence-electron chi connectivity index (χ0n) is 16.2. The number of amides is 1. The maximum Gasteiger partial charge on any atom is 0.219 e. The largest absolute Gasteiger partial charge is 0.383 e. The SMILES string of the molecule is C=CC=C1C(C(N)=NC)=C(c2ccc(Cl)cc2)N[C@@H](CC(N)=O)c2onc(C)c21. The highest BCUT2D eigenvalue weighted by atomic mass is 35.5. The molecule has 0 saturated carbocycles. The number of primary amides is 1. The number of allylic oxidation sites excluding steroid dienone is 2. The second-order valence-corrected chi connectivity index (χ2v) is 6.99. The maximum atomic E-state index is 11.8. The van der Waals surface area contributed by atoms with E-state index in [9.17, 15) is 4.79 Å². The number of amidine groups is 1. The van der Waals surface area contributed by atoms with Crippen LogP contribution in [0.1, 0.15) is 35.0 Å². The smallest absolute Gasteiger partial charge is 0.219 e. The molecule has 2 aromatic rings. The Kier molecular flexibility index (Phi) is 5.89. The molecule has 0 spiro atoms. The fourth-order valence-corrected chi connectivity index (χ4v) is 3.50. The Morgan fingerprint density at radius 3 is 2.66 bits per heavy atom. The lowest BCUT2D eigenvalue weighted by Gasteiger charge is -2.20. The number of nitrogens with one attached hydrogen (secondary N) is 1. The first-order chi connectivity index (χ1) is 13.9. The van der Waals surface area contributed by atoms with Gasteiger partial charge in [-0.2, -0.15) is 0 Å². The molecule has 2 heterocycles. The minimum Gasteiger partial charge on any atom is -0.383 e. The van der Waals surface area contributed by atoms with E-state index in [1.54, 1.807) is 25.3 Å². The van der Waals surface area contributed by atoms with Gasteiger partial charge in [-0.15, -0.1) is 0 Å². The van der Waals surface area contributed by atoms with Gasteiger partial charge in [-0.25, -0.2) is 0 Å². The predicted molar refractivity (Wildman–Crippen MR) is 115 cm³/mol. The molecule has 8 heteroatoms. The van der Waals surface area contributed by atoms with Crippen molar-refractivity contribution < 1.29 is 9.32 Å². The lowest BCUT2D eigenvalue weighted by atomic mass is 9.92. The van der Waals surface area contributed by atoms with Crippen molar-refractivity contribution >= 4 is 34.6 Å². The van der Waals surface area contributed by atoms with E-state index in [1.807, 2.05) is 25.1 Å². The fraction of sp³-hybridized carbons (Fsp3) is 0.190. The molecule has 1 amide bonds. The number of nitrogens with two attached hydrogens (primary N) is 2. The summed E-state index contributed by atoms with van der Waals surface area (Å²) < 4.78 is 5.60. The summed E-state index contributed by atoms with van der Waals surface area (Å²) >= 11 is 6.07. The van der Waals surface area contributed by atoms with Gasteiger partial charge in [-0.05, 0) is 24.6 Å². The Bertz CT molecular complexity index is 1050. The maximum absolute atomic E-state index is 11.8. The van der Waals surface area contributed by atoms with E-state index >= 15 is 0 Å². The number of aliphatic imine (C=N–C) groups is 1. The Morgan fingerprint density at radius 2 is 2.07 bits per heavy atom. The number of fused-ring (bicyclic) bond motifs is 1. The summed E-state index contributed by atoms with van der Waals surface area (Å²) in [5.74, 6) is 0.328. The Morgan fingerprint density at radius 1 is 1.38 bits per heavy atom. The molecule has 5 N–H and O–H groups in total. The van der Waals surface area contributed by atoms with Gasteiger partial charge in [0.2, 0.25) is 5.91 Å². The minimum absolute atomic E-state index is 0.0105. The highest BCUT2D eigenvalue weighted by Gasteiger charge is 2.34. The summed E-state index contributed by atoms with van der Waals surface area (Å²) in [6.07, 6.45) is 3.49. The highest BCUT2D eigenvalue weighted by molar-refractivity contribution is 6.30. The van der Waals surface area contributed by atoms with Crippen LogP contribution in [0.25, 0.3) is 11.3 Å². The van der Waals surface area contributed by atoms with E-state index in [0.717, 1.165) is 16.7 Å². The molecule has 0 aliphatic carbocycles. The molecule has 0 radical (unpaired) electrons. The van der Waals surface area contributed by atoms with Crippen LogP contribution in [0.15, 0.2) is 58.1 Å². The topological polar surface area (TPSA) is 120 Å². The summed E-state index contributed by atoms with van der Waals surface area (Å²) in [7, 11) is 1.61. The van der Waals surface area contributed by atoms with Crippen LogP contribution in [0.4, 0.5) is 0 Å². The monoisotopic (exact) mass is 411 g/mol. The normalized spacial score (nSPS) is 18.2. The molecule has 1 aliphatic rings. The van der Waals surface area contributed by atoms with Gasteiger partial charge in [-0.1, -0.05) is 47.6 Å². The third kappa shape index (κ3) is 3.95. The first-order valence-corrected chi connectivity index (χ1v) is 9.32. The number of benzene rings is 1. The van der Waals surface area contributed by atoms with Crippen molar-refractivity contribution in [1.29, 1.82) is 0 Å². The Labute approximate surface area is 173 Å². The number of rotatable bonds is 5. The van der Waals surface area contributed by atoms with Crippen LogP contribution in [0, 0.1) is 6.92 Å². The quantitative estimate of drug-likeness (QED) is 0.515. The molecule has 0 saturated heterocycles. The number of carbonyl (C=O) groups is 1. The van der Waals surface area contributed by atoms with E-state index in [0.29, 0.717) is 33.6 Å². The second-order valence-electron chi connectivity index (χ2n) is 6.56. The summed E-state index contributed by atoms with van der Waals surface area (Å²) in [6, 6.07) is 6.73. The van der Waals surface area contributed by atoms with Gasteiger partial charge in [0.15, 0.2) is 5.76 Å². The minimum atomic E-state index is -0.537. The molecule has 1 atom stereocenters. The standard InChI is InChI=1S/C21H22ClN5O2/c1-4-5-14-17-11(2)27-29-20(17)15(10-16(23)28)26-19(18(14)21(24)25-3)12-6-8-13(22)9-7-12/h4-9,15,26H,1,10H2,2-3H3,(H2,23,28)(H2,24,25)/t15-/m0/s1. The van der Waals surface area contributed by atoms with E-state index < -0.39 is 11.9 Å². The van der Waals surface area contributed by atoms with Crippen molar-refractivity contribution in [2.24, 2.45) is 16.5 Å². The van der Waals surface area contributed by atoms with E-state index in [4.69, 9.17) is 27.6 Å². The van der Waals surface area contributed by atoms with Gasteiger partial charge >= 0.3 is 0 Å². The van der Waals surface area contributed by atoms with Gasteiger partial charge in [0.1, 0.15) is 5.84 Å². The molecule has 0 fully saturated rings. The number of nitrogens with zero attached hydrogens (tertiary/aromatic N) is 2. The average Bonchev–Trinajstić information content (AvgIpc) is 3.01. The third-order valence-electron chi connectivity index (χ3n) is 4.63. The molecule has 150 valence electrons. The number of halogens is 1. The van der Waals surface area contributed by atoms with Crippen LogP contribution in [0.5, 0.6) is 0 Å². The van der Waals surface area contributed by atoms with Crippen molar-refractivity contribution in [2.75, 3.05) is 7.05 Å². The van der Waals surface area contributed by atoms with Gasteiger partial charge in [0, 0.05) is 23.2 Å². The molecule has 1 aromatic carbocycles. The van der Waals surface area contributed by atoms with Crippen LogP contribution in [0.2, 0.25) is 5.02 Å². The van der Waals surface area contributed by atoms with E-state index in [2.05, 4.69) is 22.0 Å². The van der Waals surface area contributed by atoms with Crippen molar-refractivity contribution in [3.63, 3.8) is 0 Å². The summed E-state index contributed by atoms with van der Waals surface area (Å²) in [6.45, 7) is 5.65. The molecule has 7 nitrogen and oxygen atoms in total.